The summed E-state index contributed by atoms with van der Waals surface area (Å²) in [4.78, 5) is 21.4. The van der Waals surface area contributed by atoms with Gasteiger partial charge in [0.05, 0.1) is 12.2 Å². The Morgan fingerprint density at radius 2 is 1.57 bits per heavy atom. The number of hydrogen-bond donors (Lipinski definition) is 0. The molecule has 4 nitrogen and oxygen atoms in total. The lowest BCUT2D eigenvalue weighted by atomic mass is 10.1. The van der Waals surface area contributed by atoms with Crippen LogP contribution in [-0.4, -0.2) is 23.8 Å². The summed E-state index contributed by atoms with van der Waals surface area (Å²) in [6.45, 7) is 10.8. The van der Waals surface area contributed by atoms with E-state index < -0.39 is 17.2 Å². The van der Waals surface area contributed by atoms with Crippen LogP contribution in [-0.2, 0) is 19.3 Å². The van der Waals surface area contributed by atoms with Crippen molar-refractivity contribution < 1.29 is 19.3 Å². The third kappa shape index (κ3) is 5.19. The number of hydrogen-bond acceptors (Lipinski definition) is 4. The van der Waals surface area contributed by atoms with Crippen LogP contribution in [0, 0.1) is 0 Å². The summed E-state index contributed by atoms with van der Waals surface area (Å²) in [5.41, 5.74) is -1.51. The second-order valence-corrected chi connectivity index (χ2v) is 4.51. The third-order valence-corrected chi connectivity index (χ3v) is 1.27. The zero-order valence-electron chi connectivity index (χ0n) is 9.84. The molecule has 4 heteroatoms. The highest BCUT2D eigenvalue weighted by Gasteiger charge is 2.33. The quantitative estimate of drug-likeness (QED) is 0.399. The van der Waals surface area contributed by atoms with Crippen LogP contribution in [0.1, 0.15) is 41.5 Å². The average molecular weight is 204 g/mol. The van der Waals surface area contributed by atoms with E-state index in [2.05, 4.69) is 0 Å². The van der Waals surface area contributed by atoms with Crippen LogP contribution in [0.2, 0.25) is 0 Å². The minimum Gasteiger partial charge on any atom is -0.464 e. The summed E-state index contributed by atoms with van der Waals surface area (Å²) in [6.07, 6.45) is 0. The van der Waals surface area contributed by atoms with Gasteiger partial charge in [-0.25, -0.2) is 14.6 Å². The predicted octanol–water partition coefficient (Wildman–Crippen LogP) is 2.07. The molecule has 0 heterocycles. The van der Waals surface area contributed by atoms with E-state index in [1.54, 1.807) is 20.8 Å². The predicted molar refractivity (Wildman–Crippen MR) is 52.6 cm³/mol. The highest BCUT2D eigenvalue weighted by atomic mass is 17.2. The van der Waals surface area contributed by atoms with Crippen LogP contribution in [0.15, 0.2) is 0 Å². The van der Waals surface area contributed by atoms with Gasteiger partial charge in [0.1, 0.15) is 0 Å². The van der Waals surface area contributed by atoms with Gasteiger partial charge < -0.3 is 4.74 Å². The topological polar surface area (TPSA) is 44.8 Å². The molecule has 0 spiro atoms. The van der Waals surface area contributed by atoms with Gasteiger partial charge in [0.25, 0.3) is 0 Å². The van der Waals surface area contributed by atoms with Gasteiger partial charge in [0, 0.05) is 0 Å². The Morgan fingerprint density at radius 1 is 1.07 bits per heavy atom. The van der Waals surface area contributed by atoms with Gasteiger partial charge in [-0.1, -0.05) is 0 Å². The van der Waals surface area contributed by atoms with Crippen molar-refractivity contribution in [1.82, 2.24) is 0 Å². The molecule has 0 saturated heterocycles. The van der Waals surface area contributed by atoms with Crippen molar-refractivity contribution in [2.24, 2.45) is 0 Å². The maximum Gasteiger partial charge on any atom is 0.341 e. The lowest BCUT2D eigenvalue weighted by molar-refractivity contribution is -0.390. The monoisotopic (exact) mass is 204 g/mol. The van der Waals surface area contributed by atoms with Crippen molar-refractivity contribution in [2.75, 3.05) is 6.61 Å². The Morgan fingerprint density at radius 3 is 1.93 bits per heavy atom. The number of rotatable bonds is 4. The van der Waals surface area contributed by atoms with Crippen molar-refractivity contribution in [3.8, 4) is 0 Å². The minimum absolute atomic E-state index is 0.334. The third-order valence-electron chi connectivity index (χ3n) is 1.27. The van der Waals surface area contributed by atoms with Crippen LogP contribution < -0.4 is 0 Å². The Labute approximate surface area is 85.5 Å². The van der Waals surface area contributed by atoms with E-state index in [9.17, 15) is 4.79 Å². The van der Waals surface area contributed by atoms with Crippen LogP contribution in [0.3, 0.4) is 0 Å². The maximum atomic E-state index is 11.4. The Bertz CT molecular complexity index is 191. The van der Waals surface area contributed by atoms with Gasteiger partial charge in [-0.05, 0) is 41.5 Å². The fourth-order valence-electron chi connectivity index (χ4n) is 0.568. The molecule has 0 aliphatic carbocycles. The summed E-state index contributed by atoms with van der Waals surface area (Å²) in [5.74, 6) is -0.427. The van der Waals surface area contributed by atoms with Crippen molar-refractivity contribution in [3.63, 3.8) is 0 Å². The number of carbonyl (C=O) groups excluding carboxylic acids is 1. The van der Waals surface area contributed by atoms with E-state index in [4.69, 9.17) is 14.5 Å². The maximum absolute atomic E-state index is 11.4. The Balaban J connectivity index is 4.13. The normalized spacial score (nSPS) is 12.7. The first-order valence-electron chi connectivity index (χ1n) is 4.73. The molecule has 0 saturated carbocycles. The standard InChI is InChI=1S/C10H20O4/c1-7-12-8(11)10(5,6)14-13-9(2,3)4/h7H2,1-6H3. The van der Waals surface area contributed by atoms with Crippen LogP contribution in [0.25, 0.3) is 0 Å². The summed E-state index contributed by atoms with van der Waals surface area (Å²) < 4.78 is 4.83. The van der Waals surface area contributed by atoms with E-state index in [0.717, 1.165) is 0 Å². The number of esters is 1. The molecule has 0 rings (SSSR count). The molecular formula is C10H20O4. The van der Waals surface area contributed by atoms with Gasteiger partial charge in [0.2, 0.25) is 0 Å². The van der Waals surface area contributed by atoms with Gasteiger partial charge >= 0.3 is 5.97 Å². The minimum atomic E-state index is -1.07. The SMILES string of the molecule is CCOC(=O)C(C)(C)OOC(C)(C)C. The summed E-state index contributed by atoms with van der Waals surface area (Å²) in [5, 5.41) is 0. The van der Waals surface area contributed by atoms with E-state index in [1.165, 1.54) is 0 Å². The van der Waals surface area contributed by atoms with E-state index >= 15 is 0 Å². The summed E-state index contributed by atoms with van der Waals surface area (Å²) in [6, 6.07) is 0. The lowest BCUT2D eigenvalue weighted by Crippen LogP contribution is -2.39. The lowest BCUT2D eigenvalue weighted by Gasteiger charge is -2.26. The fraction of sp³-hybridized carbons (Fsp3) is 0.900. The van der Waals surface area contributed by atoms with E-state index in [-0.39, 0.29) is 0 Å². The van der Waals surface area contributed by atoms with Crippen molar-refractivity contribution >= 4 is 5.97 Å². The second-order valence-electron chi connectivity index (χ2n) is 4.51. The molecule has 0 aromatic carbocycles. The van der Waals surface area contributed by atoms with Gasteiger partial charge in [0.15, 0.2) is 5.60 Å². The zero-order chi connectivity index (χ0) is 11.4. The van der Waals surface area contributed by atoms with Gasteiger partial charge in [-0.15, -0.1) is 0 Å². The largest absolute Gasteiger partial charge is 0.464 e. The smallest absolute Gasteiger partial charge is 0.341 e. The molecule has 0 unspecified atom stereocenters. The molecular weight excluding hydrogens is 184 g/mol. The molecule has 0 bridgehead atoms. The number of carbonyl (C=O) groups is 1. The average Bonchev–Trinajstić information content (AvgIpc) is 2.00. The first-order valence-corrected chi connectivity index (χ1v) is 4.73. The van der Waals surface area contributed by atoms with Crippen molar-refractivity contribution in [1.29, 1.82) is 0 Å². The Hall–Kier alpha value is -0.610. The second kappa shape index (κ2) is 4.75. The first-order chi connectivity index (χ1) is 6.19. The molecule has 84 valence electrons. The Kier molecular flexibility index (Phi) is 4.55. The van der Waals surface area contributed by atoms with Gasteiger partial charge in [-0.2, -0.15) is 0 Å². The zero-order valence-corrected chi connectivity index (χ0v) is 9.84. The highest BCUT2D eigenvalue weighted by molar-refractivity contribution is 5.78. The molecule has 0 aromatic heterocycles. The van der Waals surface area contributed by atoms with Gasteiger partial charge in [-0.3, -0.25) is 0 Å². The molecule has 0 amide bonds. The van der Waals surface area contributed by atoms with Crippen LogP contribution in [0.5, 0.6) is 0 Å². The molecule has 0 aliphatic heterocycles. The molecule has 0 aliphatic rings. The highest BCUT2D eigenvalue weighted by Crippen LogP contribution is 2.17. The van der Waals surface area contributed by atoms with E-state index in [0.29, 0.717) is 6.61 Å². The van der Waals surface area contributed by atoms with Crippen molar-refractivity contribution in [2.45, 2.75) is 52.7 Å². The molecule has 0 fully saturated rings. The molecule has 0 radical (unpaired) electrons. The van der Waals surface area contributed by atoms with E-state index in [1.807, 2.05) is 20.8 Å². The van der Waals surface area contributed by atoms with Crippen molar-refractivity contribution in [3.05, 3.63) is 0 Å². The molecule has 0 N–H and O–H groups in total. The number of ether oxygens (including phenoxy) is 1. The van der Waals surface area contributed by atoms with Crippen LogP contribution in [0.4, 0.5) is 0 Å². The fourth-order valence-corrected chi connectivity index (χ4v) is 0.568. The van der Waals surface area contributed by atoms with Crippen LogP contribution >= 0.6 is 0 Å². The first kappa shape index (κ1) is 13.4. The summed E-state index contributed by atoms with van der Waals surface area (Å²) >= 11 is 0. The molecule has 0 aromatic rings. The molecule has 14 heavy (non-hydrogen) atoms. The summed E-state index contributed by atoms with van der Waals surface area (Å²) in [7, 11) is 0. The molecule has 0 atom stereocenters.